The standard InChI is InChI=1S/C24H22ClN3O5/c25-18-12-11-15(13-21(18)28(31)32)26-22(29)14-33-24(30)23-16-7-3-1-2-4-9-19(16)27-20-10-6-5-8-17(20)23/h5-6,8,10-13H,1-4,7,9,14H2,(H,26,29). The molecule has 170 valence electrons. The van der Waals surface area contributed by atoms with Gasteiger partial charge in [-0.2, -0.15) is 0 Å². The first-order chi connectivity index (χ1) is 15.9. The van der Waals surface area contributed by atoms with Crippen molar-refractivity contribution in [1.29, 1.82) is 0 Å². The Hall–Kier alpha value is -3.52. The molecule has 0 atom stereocenters. The van der Waals surface area contributed by atoms with Crippen LogP contribution in [0.1, 0.15) is 47.3 Å². The highest BCUT2D eigenvalue weighted by Gasteiger charge is 2.23. The number of nitrogens with one attached hydrogen (secondary N) is 1. The van der Waals surface area contributed by atoms with Gasteiger partial charge < -0.3 is 10.1 Å². The molecule has 0 unspecified atom stereocenters. The summed E-state index contributed by atoms with van der Waals surface area (Å²) in [7, 11) is 0. The van der Waals surface area contributed by atoms with Crippen molar-refractivity contribution in [2.24, 2.45) is 0 Å². The van der Waals surface area contributed by atoms with Crippen LogP contribution in [-0.2, 0) is 22.4 Å². The minimum absolute atomic E-state index is 0.0366. The Morgan fingerprint density at radius 3 is 2.64 bits per heavy atom. The van der Waals surface area contributed by atoms with Gasteiger partial charge >= 0.3 is 5.97 Å². The molecule has 8 nitrogen and oxygen atoms in total. The van der Waals surface area contributed by atoms with Gasteiger partial charge in [0.2, 0.25) is 0 Å². The average molecular weight is 468 g/mol. The normalized spacial score (nSPS) is 13.5. The predicted octanol–water partition coefficient (Wildman–Crippen LogP) is 5.25. The van der Waals surface area contributed by atoms with Crippen LogP contribution in [0.15, 0.2) is 42.5 Å². The first-order valence-electron chi connectivity index (χ1n) is 10.8. The minimum Gasteiger partial charge on any atom is -0.452 e. The number of benzene rings is 2. The molecule has 0 saturated carbocycles. The largest absolute Gasteiger partial charge is 0.452 e. The van der Waals surface area contributed by atoms with E-state index in [-0.39, 0.29) is 16.4 Å². The molecule has 1 amide bonds. The van der Waals surface area contributed by atoms with E-state index in [2.05, 4.69) is 5.32 Å². The molecule has 33 heavy (non-hydrogen) atoms. The minimum atomic E-state index is -0.638. The fraction of sp³-hybridized carbons (Fsp3) is 0.292. The zero-order chi connectivity index (χ0) is 23.4. The van der Waals surface area contributed by atoms with E-state index in [1.165, 1.54) is 12.1 Å². The molecule has 0 bridgehead atoms. The van der Waals surface area contributed by atoms with Gasteiger partial charge in [-0.25, -0.2) is 4.79 Å². The van der Waals surface area contributed by atoms with Crippen LogP contribution >= 0.6 is 11.6 Å². The Kier molecular flexibility index (Phi) is 6.84. The number of aryl methyl sites for hydroxylation is 1. The smallest absolute Gasteiger partial charge is 0.339 e. The summed E-state index contributed by atoms with van der Waals surface area (Å²) in [6.07, 6.45) is 5.74. The Morgan fingerprint density at radius 2 is 1.85 bits per heavy atom. The maximum absolute atomic E-state index is 13.1. The van der Waals surface area contributed by atoms with Crippen LogP contribution in [-0.4, -0.2) is 28.4 Å². The van der Waals surface area contributed by atoms with Crippen molar-refractivity contribution in [3.05, 3.63) is 74.4 Å². The Bertz CT molecular complexity index is 1240. The third-order valence-corrected chi connectivity index (χ3v) is 5.95. The molecular weight excluding hydrogens is 446 g/mol. The van der Waals surface area contributed by atoms with Gasteiger partial charge in [-0.05, 0) is 49.4 Å². The number of esters is 1. The van der Waals surface area contributed by atoms with E-state index >= 15 is 0 Å². The van der Waals surface area contributed by atoms with Gasteiger partial charge in [-0.1, -0.05) is 42.6 Å². The molecular formula is C24H22ClN3O5. The first kappa shape index (κ1) is 22.7. The number of nitro groups is 1. The number of aromatic nitrogens is 1. The highest BCUT2D eigenvalue weighted by Crippen LogP contribution is 2.29. The molecule has 1 aliphatic carbocycles. The number of para-hydroxylation sites is 1. The van der Waals surface area contributed by atoms with E-state index in [0.717, 1.165) is 61.4 Å². The molecule has 1 aliphatic rings. The van der Waals surface area contributed by atoms with Crippen LogP contribution in [0.25, 0.3) is 10.9 Å². The van der Waals surface area contributed by atoms with E-state index < -0.39 is 23.4 Å². The number of nitro benzene ring substituents is 1. The van der Waals surface area contributed by atoms with Crippen molar-refractivity contribution in [3.63, 3.8) is 0 Å². The van der Waals surface area contributed by atoms with Gasteiger partial charge in [0.15, 0.2) is 6.61 Å². The van der Waals surface area contributed by atoms with Crippen LogP contribution < -0.4 is 5.32 Å². The molecule has 2 aromatic carbocycles. The lowest BCUT2D eigenvalue weighted by atomic mass is 9.91. The van der Waals surface area contributed by atoms with Crippen molar-refractivity contribution in [1.82, 2.24) is 4.98 Å². The van der Waals surface area contributed by atoms with Crippen LogP contribution in [0, 0.1) is 10.1 Å². The topological polar surface area (TPSA) is 111 Å². The molecule has 9 heteroatoms. The fourth-order valence-corrected chi connectivity index (χ4v) is 4.28. The number of anilines is 1. The van der Waals surface area contributed by atoms with Crippen LogP contribution in [0.4, 0.5) is 11.4 Å². The van der Waals surface area contributed by atoms with Crippen molar-refractivity contribution in [2.45, 2.75) is 38.5 Å². The maximum Gasteiger partial charge on any atom is 0.339 e. The third kappa shape index (κ3) is 5.12. The Labute approximate surface area is 195 Å². The summed E-state index contributed by atoms with van der Waals surface area (Å²) >= 11 is 5.80. The average Bonchev–Trinajstić information content (AvgIpc) is 2.78. The summed E-state index contributed by atoms with van der Waals surface area (Å²) in [5.74, 6) is -1.19. The van der Waals surface area contributed by atoms with E-state index in [1.54, 1.807) is 0 Å². The predicted molar refractivity (Wildman–Crippen MR) is 125 cm³/mol. The second kappa shape index (κ2) is 9.95. The van der Waals surface area contributed by atoms with Crippen molar-refractivity contribution in [2.75, 3.05) is 11.9 Å². The number of nitrogens with zero attached hydrogens (tertiary/aromatic N) is 2. The number of amides is 1. The van der Waals surface area contributed by atoms with Gasteiger partial charge in [-0.15, -0.1) is 0 Å². The highest BCUT2D eigenvalue weighted by atomic mass is 35.5. The second-order valence-corrected chi connectivity index (χ2v) is 8.30. The summed E-state index contributed by atoms with van der Waals surface area (Å²) in [5, 5.41) is 14.2. The zero-order valence-electron chi connectivity index (χ0n) is 17.8. The van der Waals surface area contributed by atoms with E-state index in [4.69, 9.17) is 21.3 Å². The number of fused-ring (bicyclic) bond motifs is 2. The molecule has 0 radical (unpaired) electrons. The number of ether oxygens (including phenoxy) is 1. The number of halogens is 1. The number of hydrogen-bond acceptors (Lipinski definition) is 6. The molecule has 1 N–H and O–H groups in total. The van der Waals surface area contributed by atoms with Gasteiger partial charge in [0.1, 0.15) is 5.02 Å². The molecule has 4 rings (SSSR count). The van der Waals surface area contributed by atoms with Crippen molar-refractivity contribution >= 4 is 45.8 Å². The molecule has 3 aromatic rings. The summed E-state index contributed by atoms with van der Waals surface area (Å²) < 4.78 is 5.37. The van der Waals surface area contributed by atoms with Crippen molar-refractivity contribution in [3.8, 4) is 0 Å². The SMILES string of the molecule is O=C(COC(=O)c1c2c(nc3ccccc13)CCCCCC2)Nc1ccc(Cl)c([N+](=O)[O-])c1. The lowest BCUT2D eigenvalue weighted by Gasteiger charge is -2.18. The monoisotopic (exact) mass is 467 g/mol. The summed E-state index contributed by atoms with van der Waals surface area (Å²) in [5.41, 5.74) is 2.86. The number of pyridine rings is 1. The summed E-state index contributed by atoms with van der Waals surface area (Å²) in [4.78, 5) is 40.7. The van der Waals surface area contributed by atoms with Crippen LogP contribution in [0.2, 0.25) is 5.02 Å². The van der Waals surface area contributed by atoms with Gasteiger partial charge in [0, 0.05) is 22.8 Å². The quantitative estimate of drug-likeness (QED) is 0.311. The van der Waals surface area contributed by atoms with Crippen molar-refractivity contribution < 1.29 is 19.2 Å². The number of hydrogen-bond donors (Lipinski definition) is 1. The van der Waals surface area contributed by atoms with Gasteiger partial charge in [0.25, 0.3) is 11.6 Å². The number of carbonyl (C=O) groups excluding carboxylic acids is 2. The highest BCUT2D eigenvalue weighted by molar-refractivity contribution is 6.32. The third-order valence-electron chi connectivity index (χ3n) is 5.63. The first-order valence-corrected chi connectivity index (χ1v) is 11.1. The van der Waals surface area contributed by atoms with E-state index in [9.17, 15) is 19.7 Å². The molecule has 0 fully saturated rings. The maximum atomic E-state index is 13.1. The second-order valence-electron chi connectivity index (χ2n) is 7.89. The zero-order valence-corrected chi connectivity index (χ0v) is 18.6. The van der Waals surface area contributed by atoms with Gasteiger partial charge in [0.05, 0.1) is 16.0 Å². The van der Waals surface area contributed by atoms with Gasteiger partial charge in [-0.3, -0.25) is 19.9 Å². The molecule has 1 aromatic heterocycles. The summed E-state index contributed by atoms with van der Waals surface area (Å²) in [6.45, 7) is -0.527. The lowest BCUT2D eigenvalue weighted by molar-refractivity contribution is -0.384. The molecule has 0 aliphatic heterocycles. The van der Waals surface area contributed by atoms with E-state index in [1.807, 2.05) is 24.3 Å². The fourth-order valence-electron chi connectivity index (χ4n) is 4.09. The number of carbonyl (C=O) groups is 2. The summed E-state index contributed by atoms with van der Waals surface area (Å²) in [6, 6.07) is 11.3. The molecule has 1 heterocycles. The Morgan fingerprint density at radius 1 is 1.09 bits per heavy atom. The van der Waals surface area contributed by atoms with Crippen LogP contribution in [0.5, 0.6) is 0 Å². The van der Waals surface area contributed by atoms with Crippen LogP contribution in [0.3, 0.4) is 0 Å². The molecule has 0 saturated heterocycles. The molecule has 0 spiro atoms. The Balaban J connectivity index is 1.54. The number of rotatable bonds is 5. The lowest BCUT2D eigenvalue weighted by Crippen LogP contribution is -2.22. The van der Waals surface area contributed by atoms with E-state index in [0.29, 0.717) is 10.9 Å².